The van der Waals surface area contributed by atoms with Crippen LogP contribution in [0.1, 0.15) is 52.9 Å². The lowest BCUT2D eigenvalue weighted by molar-refractivity contribution is 0.204. The Kier molecular flexibility index (Phi) is 3.96. The Balaban J connectivity index is 2.22. The molecule has 0 aromatic heterocycles. The third-order valence-electron chi connectivity index (χ3n) is 3.19. The fourth-order valence-corrected chi connectivity index (χ4v) is 2.27. The van der Waals surface area contributed by atoms with Gasteiger partial charge in [0.2, 0.25) is 0 Å². The second-order valence-electron chi connectivity index (χ2n) is 5.96. The predicted molar refractivity (Wildman–Crippen MR) is 62.3 cm³/mol. The van der Waals surface area contributed by atoms with E-state index < -0.39 is 0 Å². The first-order valence-corrected chi connectivity index (χ1v) is 5.91. The molecule has 0 unspecified atom stereocenters. The molecule has 3 N–H and O–H groups in total. The first-order valence-electron chi connectivity index (χ1n) is 5.91. The van der Waals surface area contributed by atoms with Gasteiger partial charge in [-0.2, -0.15) is 0 Å². The number of rotatable bonds is 4. The van der Waals surface area contributed by atoms with Gasteiger partial charge in [0.1, 0.15) is 0 Å². The highest BCUT2D eigenvalue weighted by Gasteiger charge is 2.26. The average Bonchev–Trinajstić information content (AvgIpc) is 2.02. The molecule has 14 heavy (non-hydrogen) atoms. The quantitative estimate of drug-likeness (QED) is 0.727. The fourth-order valence-electron chi connectivity index (χ4n) is 2.27. The molecule has 1 rings (SSSR count). The molecule has 0 aromatic carbocycles. The number of hydrogen-bond donors (Lipinski definition) is 2. The lowest BCUT2D eigenvalue weighted by Crippen LogP contribution is -2.46. The van der Waals surface area contributed by atoms with Crippen LogP contribution in [0.5, 0.6) is 0 Å². The maximum atomic E-state index is 5.93. The Bertz CT molecular complexity index is 164. The Morgan fingerprint density at radius 3 is 2.29 bits per heavy atom. The monoisotopic (exact) mass is 198 g/mol. The van der Waals surface area contributed by atoms with Gasteiger partial charge in [0.05, 0.1) is 0 Å². The standard InChI is InChI=1S/C12H26N2/c1-11(2,13)9-14-10-12(3)7-5-4-6-8-12/h14H,4-10,13H2,1-3H3. The van der Waals surface area contributed by atoms with Crippen molar-refractivity contribution in [1.82, 2.24) is 5.32 Å². The summed E-state index contributed by atoms with van der Waals surface area (Å²) in [4.78, 5) is 0. The van der Waals surface area contributed by atoms with E-state index in [1.807, 2.05) is 0 Å². The summed E-state index contributed by atoms with van der Waals surface area (Å²) in [6.45, 7) is 8.60. The normalized spacial score (nSPS) is 22.3. The van der Waals surface area contributed by atoms with Gasteiger partial charge in [0.25, 0.3) is 0 Å². The second-order valence-corrected chi connectivity index (χ2v) is 5.96. The van der Waals surface area contributed by atoms with Crippen molar-refractivity contribution in [1.29, 1.82) is 0 Å². The summed E-state index contributed by atoms with van der Waals surface area (Å²) in [5.74, 6) is 0. The zero-order valence-electron chi connectivity index (χ0n) is 10.0. The maximum Gasteiger partial charge on any atom is 0.0223 e. The van der Waals surface area contributed by atoms with Gasteiger partial charge in [-0.05, 0) is 32.1 Å². The lowest BCUT2D eigenvalue weighted by atomic mass is 9.75. The molecule has 1 fully saturated rings. The Labute approximate surface area is 88.6 Å². The van der Waals surface area contributed by atoms with Gasteiger partial charge in [-0.25, -0.2) is 0 Å². The zero-order chi connectivity index (χ0) is 10.7. The van der Waals surface area contributed by atoms with Crippen LogP contribution in [0, 0.1) is 5.41 Å². The Morgan fingerprint density at radius 2 is 1.79 bits per heavy atom. The van der Waals surface area contributed by atoms with Crippen molar-refractivity contribution in [2.24, 2.45) is 11.1 Å². The number of hydrogen-bond acceptors (Lipinski definition) is 2. The van der Waals surface area contributed by atoms with Crippen LogP contribution in [-0.4, -0.2) is 18.6 Å². The molecule has 0 atom stereocenters. The number of nitrogens with one attached hydrogen (secondary N) is 1. The molecule has 0 amide bonds. The van der Waals surface area contributed by atoms with Gasteiger partial charge in [-0.15, -0.1) is 0 Å². The van der Waals surface area contributed by atoms with Crippen molar-refractivity contribution >= 4 is 0 Å². The van der Waals surface area contributed by atoms with Crippen molar-refractivity contribution in [3.05, 3.63) is 0 Å². The highest BCUT2D eigenvalue weighted by Crippen LogP contribution is 2.34. The highest BCUT2D eigenvalue weighted by atomic mass is 14.9. The Hall–Kier alpha value is -0.0800. The van der Waals surface area contributed by atoms with E-state index >= 15 is 0 Å². The summed E-state index contributed by atoms with van der Waals surface area (Å²) in [7, 11) is 0. The molecular formula is C12H26N2. The van der Waals surface area contributed by atoms with Crippen LogP contribution in [0.3, 0.4) is 0 Å². The summed E-state index contributed by atoms with van der Waals surface area (Å²) in [5.41, 5.74) is 6.38. The molecule has 2 heteroatoms. The summed E-state index contributed by atoms with van der Waals surface area (Å²) in [5, 5.41) is 3.51. The molecule has 2 nitrogen and oxygen atoms in total. The van der Waals surface area contributed by atoms with E-state index in [1.54, 1.807) is 0 Å². The van der Waals surface area contributed by atoms with Crippen LogP contribution < -0.4 is 11.1 Å². The smallest absolute Gasteiger partial charge is 0.0223 e. The SMILES string of the molecule is CC(C)(N)CNCC1(C)CCCCC1. The van der Waals surface area contributed by atoms with Crippen molar-refractivity contribution in [3.8, 4) is 0 Å². The van der Waals surface area contributed by atoms with Crippen molar-refractivity contribution in [2.45, 2.75) is 58.4 Å². The van der Waals surface area contributed by atoms with E-state index in [0.29, 0.717) is 5.41 Å². The molecule has 0 saturated heterocycles. The Morgan fingerprint density at radius 1 is 1.21 bits per heavy atom. The average molecular weight is 198 g/mol. The minimum atomic E-state index is -0.0783. The van der Waals surface area contributed by atoms with Gasteiger partial charge < -0.3 is 11.1 Å². The summed E-state index contributed by atoms with van der Waals surface area (Å²) >= 11 is 0. The van der Waals surface area contributed by atoms with Gasteiger partial charge >= 0.3 is 0 Å². The van der Waals surface area contributed by atoms with E-state index in [1.165, 1.54) is 32.1 Å². The van der Waals surface area contributed by atoms with Crippen LogP contribution >= 0.6 is 0 Å². The molecule has 0 aliphatic heterocycles. The lowest BCUT2D eigenvalue weighted by Gasteiger charge is -2.34. The molecule has 0 aromatic rings. The molecule has 1 aliphatic rings. The first-order chi connectivity index (χ1) is 6.41. The van der Waals surface area contributed by atoms with Gasteiger partial charge in [0.15, 0.2) is 0 Å². The second kappa shape index (κ2) is 4.63. The van der Waals surface area contributed by atoms with E-state index in [-0.39, 0.29) is 5.54 Å². The van der Waals surface area contributed by atoms with E-state index in [2.05, 4.69) is 26.1 Å². The topological polar surface area (TPSA) is 38.0 Å². The van der Waals surface area contributed by atoms with Crippen LogP contribution in [-0.2, 0) is 0 Å². The molecule has 1 saturated carbocycles. The third kappa shape index (κ3) is 4.43. The van der Waals surface area contributed by atoms with Gasteiger partial charge in [-0.3, -0.25) is 0 Å². The highest BCUT2D eigenvalue weighted by molar-refractivity contribution is 4.83. The van der Waals surface area contributed by atoms with Crippen LogP contribution in [0.15, 0.2) is 0 Å². The maximum absolute atomic E-state index is 5.93. The van der Waals surface area contributed by atoms with Gasteiger partial charge in [0, 0.05) is 18.6 Å². The van der Waals surface area contributed by atoms with E-state index in [0.717, 1.165) is 13.1 Å². The van der Waals surface area contributed by atoms with Crippen molar-refractivity contribution < 1.29 is 0 Å². The molecular weight excluding hydrogens is 172 g/mol. The molecule has 0 spiro atoms. The predicted octanol–water partition coefficient (Wildman–Crippen LogP) is 2.28. The molecule has 0 bridgehead atoms. The van der Waals surface area contributed by atoms with Crippen molar-refractivity contribution in [3.63, 3.8) is 0 Å². The van der Waals surface area contributed by atoms with E-state index in [4.69, 9.17) is 5.73 Å². The number of nitrogens with two attached hydrogens (primary N) is 1. The minimum Gasteiger partial charge on any atom is -0.324 e. The molecule has 0 heterocycles. The fraction of sp³-hybridized carbons (Fsp3) is 1.00. The van der Waals surface area contributed by atoms with E-state index in [9.17, 15) is 0 Å². The van der Waals surface area contributed by atoms with Crippen LogP contribution in [0.2, 0.25) is 0 Å². The van der Waals surface area contributed by atoms with Crippen LogP contribution in [0.25, 0.3) is 0 Å². The summed E-state index contributed by atoms with van der Waals surface area (Å²) < 4.78 is 0. The summed E-state index contributed by atoms with van der Waals surface area (Å²) in [6.07, 6.45) is 7.00. The summed E-state index contributed by atoms with van der Waals surface area (Å²) in [6, 6.07) is 0. The van der Waals surface area contributed by atoms with Gasteiger partial charge in [-0.1, -0.05) is 26.2 Å². The largest absolute Gasteiger partial charge is 0.324 e. The third-order valence-corrected chi connectivity index (χ3v) is 3.19. The minimum absolute atomic E-state index is 0.0783. The molecule has 0 radical (unpaired) electrons. The van der Waals surface area contributed by atoms with Crippen molar-refractivity contribution in [2.75, 3.05) is 13.1 Å². The zero-order valence-corrected chi connectivity index (χ0v) is 10.0. The molecule has 1 aliphatic carbocycles. The molecule has 84 valence electrons. The first kappa shape index (κ1) is 12.0. The van der Waals surface area contributed by atoms with Crippen LogP contribution in [0.4, 0.5) is 0 Å².